The first-order chi connectivity index (χ1) is 12.0. The molecule has 4 rings (SSSR count). The Kier molecular flexibility index (Phi) is 3.47. The summed E-state index contributed by atoms with van der Waals surface area (Å²) in [5, 5.41) is 0. The maximum absolute atomic E-state index is 12.5. The minimum atomic E-state index is -0.325. The van der Waals surface area contributed by atoms with Gasteiger partial charge < -0.3 is 4.74 Å². The number of methoxy groups -OCH3 is 1. The number of hydrogen-bond acceptors (Lipinski definition) is 2. The number of allylic oxidation sites excluding steroid dienone is 3. The van der Waals surface area contributed by atoms with Crippen molar-refractivity contribution in [2.45, 2.75) is 20.3 Å². The number of hydrogen-bond donors (Lipinski definition) is 0. The van der Waals surface area contributed by atoms with Crippen molar-refractivity contribution in [2.75, 3.05) is 7.11 Å². The number of carbonyl (C=O) groups excluding carboxylic acids is 1. The van der Waals surface area contributed by atoms with Crippen LogP contribution >= 0.6 is 0 Å². The van der Waals surface area contributed by atoms with Crippen LogP contribution in [0.5, 0.6) is 0 Å². The number of rotatable bonds is 3. The van der Waals surface area contributed by atoms with E-state index in [9.17, 15) is 4.79 Å². The van der Waals surface area contributed by atoms with E-state index in [-0.39, 0.29) is 16.8 Å². The first-order valence-corrected chi connectivity index (χ1v) is 8.67. The van der Waals surface area contributed by atoms with Crippen LogP contribution in [0.3, 0.4) is 0 Å². The highest BCUT2D eigenvalue weighted by atomic mass is 16.5. The molecule has 0 fully saturated rings. The van der Waals surface area contributed by atoms with Crippen molar-refractivity contribution in [3.8, 4) is 0 Å². The van der Waals surface area contributed by atoms with Crippen molar-refractivity contribution in [2.24, 2.45) is 10.8 Å². The maximum Gasteiger partial charge on any atom is 0.334 e. The molecule has 2 unspecified atom stereocenters. The van der Waals surface area contributed by atoms with Gasteiger partial charge in [0.1, 0.15) is 0 Å². The fourth-order valence-electron chi connectivity index (χ4n) is 4.84. The molecule has 0 aromatic heterocycles. The SMILES string of the molecule is COC(=O)C1=CC2(C)CC1(C)C(c1ccccc1)=C2c1ccccc1. The Morgan fingerprint density at radius 1 is 0.880 bits per heavy atom. The van der Waals surface area contributed by atoms with Gasteiger partial charge >= 0.3 is 5.97 Å². The lowest BCUT2D eigenvalue weighted by Crippen LogP contribution is -2.23. The normalized spacial score (nSPS) is 27.4. The fourth-order valence-corrected chi connectivity index (χ4v) is 4.84. The molecule has 2 aliphatic rings. The number of benzene rings is 2. The number of carbonyl (C=O) groups is 1. The average Bonchev–Trinajstić information content (AvgIpc) is 3.05. The Morgan fingerprint density at radius 3 is 1.92 bits per heavy atom. The first-order valence-electron chi connectivity index (χ1n) is 8.67. The summed E-state index contributed by atoms with van der Waals surface area (Å²) in [7, 11) is 1.46. The third kappa shape index (κ3) is 2.21. The summed E-state index contributed by atoms with van der Waals surface area (Å²) in [6.07, 6.45) is 3.03. The van der Waals surface area contributed by atoms with Crippen LogP contribution in [0.1, 0.15) is 31.4 Å². The van der Waals surface area contributed by atoms with Crippen molar-refractivity contribution in [1.29, 1.82) is 0 Å². The highest BCUT2D eigenvalue weighted by molar-refractivity contribution is 6.08. The lowest BCUT2D eigenvalue weighted by atomic mass is 9.73. The monoisotopic (exact) mass is 330 g/mol. The van der Waals surface area contributed by atoms with Crippen molar-refractivity contribution in [3.63, 3.8) is 0 Å². The highest BCUT2D eigenvalue weighted by Crippen LogP contribution is 2.68. The van der Waals surface area contributed by atoms with Gasteiger partial charge in [-0.3, -0.25) is 0 Å². The molecule has 2 nitrogen and oxygen atoms in total. The Hall–Kier alpha value is -2.61. The van der Waals surface area contributed by atoms with Gasteiger partial charge in [0.25, 0.3) is 0 Å². The third-order valence-electron chi connectivity index (χ3n) is 5.68. The summed E-state index contributed by atoms with van der Waals surface area (Å²) in [4.78, 5) is 12.5. The van der Waals surface area contributed by atoms with Gasteiger partial charge in [-0.05, 0) is 28.7 Å². The van der Waals surface area contributed by atoms with Crippen LogP contribution in [0.2, 0.25) is 0 Å². The van der Waals surface area contributed by atoms with Gasteiger partial charge in [0.05, 0.1) is 7.11 Å². The molecule has 2 bridgehead atoms. The van der Waals surface area contributed by atoms with Crippen LogP contribution in [0.25, 0.3) is 11.1 Å². The molecule has 2 aromatic rings. The molecule has 0 saturated carbocycles. The van der Waals surface area contributed by atoms with E-state index in [0.717, 1.165) is 12.0 Å². The number of esters is 1. The van der Waals surface area contributed by atoms with Gasteiger partial charge in [0, 0.05) is 16.4 Å². The molecule has 0 spiro atoms. The lowest BCUT2D eigenvalue weighted by molar-refractivity contribution is -0.136. The second-order valence-corrected chi connectivity index (χ2v) is 7.46. The molecule has 0 amide bonds. The van der Waals surface area contributed by atoms with Crippen molar-refractivity contribution < 1.29 is 9.53 Å². The molecule has 126 valence electrons. The molecule has 0 saturated heterocycles. The van der Waals surface area contributed by atoms with Gasteiger partial charge in [-0.25, -0.2) is 4.79 Å². The third-order valence-corrected chi connectivity index (χ3v) is 5.68. The van der Waals surface area contributed by atoms with Crippen LogP contribution < -0.4 is 0 Å². The predicted molar refractivity (Wildman–Crippen MR) is 101 cm³/mol. The Bertz CT molecular complexity index is 892. The molecule has 2 atom stereocenters. The quantitative estimate of drug-likeness (QED) is 0.730. The Labute approximate surface area is 148 Å². The van der Waals surface area contributed by atoms with Crippen LogP contribution in [-0.2, 0) is 9.53 Å². The molecule has 0 aliphatic heterocycles. The van der Waals surface area contributed by atoms with E-state index in [2.05, 4.69) is 68.5 Å². The standard InChI is InChI=1S/C23H22O2/c1-22-14-18(21(24)25-3)23(2,15-22)20(17-12-8-5-9-13-17)19(22)16-10-6-4-7-11-16/h4-14H,15H2,1-3H3. The van der Waals surface area contributed by atoms with Crippen molar-refractivity contribution in [3.05, 3.63) is 83.4 Å². The van der Waals surface area contributed by atoms with E-state index in [1.807, 2.05) is 12.1 Å². The summed E-state index contributed by atoms with van der Waals surface area (Å²) >= 11 is 0. The molecule has 2 heteroatoms. The molecule has 0 N–H and O–H groups in total. The Balaban J connectivity index is 2.00. The average molecular weight is 330 g/mol. The molecular weight excluding hydrogens is 308 g/mol. The second kappa shape index (κ2) is 5.45. The molecule has 0 heterocycles. The minimum Gasteiger partial charge on any atom is -0.466 e. The Morgan fingerprint density at radius 2 is 1.40 bits per heavy atom. The van der Waals surface area contributed by atoms with E-state index in [4.69, 9.17) is 4.74 Å². The smallest absolute Gasteiger partial charge is 0.334 e. The van der Waals surface area contributed by atoms with Crippen LogP contribution in [0, 0.1) is 10.8 Å². The van der Waals surface area contributed by atoms with Gasteiger partial charge in [-0.15, -0.1) is 0 Å². The molecular formula is C23H22O2. The molecule has 2 aliphatic carbocycles. The van der Waals surface area contributed by atoms with E-state index >= 15 is 0 Å². The second-order valence-electron chi connectivity index (χ2n) is 7.46. The van der Waals surface area contributed by atoms with E-state index in [1.165, 1.54) is 29.4 Å². The van der Waals surface area contributed by atoms with E-state index in [0.29, 0.717) is 0 Å². The number of fused-ring (bicyclic) bond motifs is 2. The van der Waals surface area contributed by atoms with E-state index < -0.39 is 0 Å². The van der Waals surface area contributed by atoms with Crippen LogP contribution in [0.4, 0.5) is 0 Å². The zero-order chi connectivity index (χ0) is 17.7. The first kappa shape index (κ1) is 15.9. The molecule has 2 aromatic carbocycles. The summed E-state index contributed by atoms with van der Waals surface area (Å²) in [5.74, 6) is -0.216. The summed E-state index contributed by atoms with van der Waals surface area (Å²) < 4.78 is 5.09. The van der Waals surface area contributed by atoms with Crippen molar-refractivity contribution in [1.82, 2.24) is 0 Å². The van der Waals surface area contributed by atoms with Crippen molar-refractivity contribution >= 4 is 17.1 Å². The maximum atomic E-state index is 12.5. The summed E-state index contributed by atoms with van der Waals surface area (Å²) in [5.41, 5.74) is 5.30. The summed E-state index contributed by atoms with van der Waals surface area (Å²) in [6.45, 7) is 4.42. The van der Waals surface area contributed by atoms with Crippen LogP contribution in [-0.4, -0.2) is 13.1 Å². The highest BCUT2D eigenvalue weighted by Gasteiger charge is 2.57. The minimum absolute atomic E-state index is 0.162. The topological polar surface area (TPSA) is 26.3 Å². The van der Waals surface area contributed by atoms with Crippen LogP contribution in [0.15, 0.2) is 72.3 Å². The molecule has 0 radical (unpaired) electrons. The summed E-state index contributed by atoms with van der Waals surface area (Å²) in [6, 6.07) is 21.0. The predicted octanol–water partition coefficient (Wildman–Crippen LogP) is 5.13. The molecule has 25 heavy (non-hydrogen) atoms. The van der Waals surface area contributed by atoms with Gasteiger partial charge in [0.15, 0.2) is 0 Å². The largest absolute Gasteiger partial charge is 0.466 e. The fraction of sp³-hybridized carbons (Fsp3) is 0.261. The lowest BCUT2D eigenvalue weighted by Gasteiger charge is -2.30. The zero-order valence-corrected chi connectivity index (χ0v) is 14.9. The van der Waals surface area contributed by atoms with E-state index in [1.54, 1.807) is 0 Å². The van der Waals surface area contributed by atoms with Gasteiger partial charge in [0.2, 0.25) is 0 Å². The number of ether oxygens (including phenoxy) is 1. The van der Waals surface area contributed by atoms with Gasteiger partial charge in [-0.1, -0.05) is 80.6 Å². The zero-order valence-electron chi connectivity index (χ0n) is 14.9. The van der Waals surface area contributed by atoms with Gasteiger partial charge in [-0.2, -0.15) is 0 Å².